The van der Waals surface area contributed by atoms with E-state index in [1.807, 2.05) is 35.9 Å². The Hall–Kier alpha value is -2.63. The molecule has 0 radical (unpaired) electrons. The van der Waals surface area contributed by atoms with Crippen LogP contribution in [-0.4, -0.2) is 26.6 Å². The molecular weight excluding hydrogens is 278 g/mol. The first-order valence-electron chi connectivity index (χ1n) is 7.32. The maximum atomic E-state index is 12.0. The first kappa shape index (κ1) is 15.8. The third-order valence-electron chi connectivity index (χ3n) is 3.34. The fourth-order valence-electron chi connectivity index (χ4n) is 2.13. The summed E-state index contributed by atoms with van der Waals surface area (Å²) in [7, 11) is 0. The molecule has 0 aromatic carbocycles. The average molecular weight is 299 g/mol. The van der Waals surface area contributed by atoms with Crippen LogP contribution in [0.1, 0.15) is 25.3 Å². The van der Waals surface area contributed by atoms with Crippen LogP contribution in [0.25, 0.3) is 5.82 Å². The number of carbonyl (C=O) groups is 1. The van der Waals surface area contributed by atoms with Gasteiger partial charge in [-0.25, -0.2) is 14.8 Å². The van der Waals surface area contributed by atoms with Gasteiger partial charge in [0.15, 0.2) is 0 Å². The number of hydrogen-bond acceptors (Lipinski definition) is 3. The largest absolute Gasteiger partial charge is 0.335 e. The van der Waals surface area contributed by atoms with Crippen LogP contribution < -0.4 is 10.6 Å². The Kier molecular flexibility index (Phi) is 5.71. The summed E-state index contributed by atoms with van der Waals surface area (Å²) in [4.78, 5) is 20.3. The van der Waals surface area contributed by atoms with Crippen molar-refractivity contribution in [1.29, 1.82) is 0 Å². The summed E-state index contributed by atoms with van der Waals surface area (Å²) in [6, 6.07) is 3.71. The first-order chi connectivity index (χ1) is 10.7. The lowest BCUT2D eigenvalue weighted by Crippen LogP contribution is -2.41. The molecule has 0 bridgehead atoms. The first-order valence-corrected chi connectivity index (χ1v) is 7.32. The van der Waals surface area contributed by atoms with Gasteiger partial charge in [-0.3, -0.25) is 4.57 Å². The van der Waals surface area contributed by atoms with Crippen LogP contribution in [-0.2, 0) is 6.54 Å². The van der Waals surface area contributed by atoms with Gasteiger partial charge in [0, 0.05) is 36.7 Å². The maximum Gasteiger partial charge on any atom is 0.315 e. The Morgan fingerprint density at radius 1 is 1.50 bits per heavy atom. The molecule has 0 fully saturated rings. The molecule has 22 heavy (non-hydrogen) atoms. The van der Waals surface area contributed by atoms with Gasteiger partial charge in [-0.2, -0.15) is 0 Å². The molecule has 2 amide bonds. The number of nitrogens with zero attached hydrogens (tertiary/aromatic N) is 3. The fourth-order valence-corrected chi connectivity index (χ4v) is 2.13. The smallest absolute Gasteiger partial charge is 0.315 e. The number of rotatable bonds is 7. The lowest BCUT2D eigenvalue weighted by atomic mass is 10.1. The highest BCUT2D eigenvalue weighted by molar-refractivity contribution is 5.74. The van der Waals surface area contributed by atoms with Crippen LogP contribution in [0.2, 0.25) is 0 Å². The van der Waals surface area contributed by atoms with Gasteiger partial charge in [-0.1, -0.05) is 19.1 Å². The summed E-state index contributed by atoms with van der Waals surface area (Å²) in [5, 5.41) is 5.80. The number of hydrogen-bond donors (Lipinski definition) is 2. The zero-order valence-electron chi connectivity index (χ0n) is 12.7. The van der Waals surface area contributed by atoms with Crippen molar-refractivity contribution in [3.05, 3.63) is 55.3 Å². The quantitative estimate of drug-likeness (QED) is 0.771. The van der Waals surface area contributed by atoms with Gasteiger partial charge in [-0.05, 0) is 18.9 Å². The second-order valence-electron chi connectivity index (χ2n) is 4.91. The van der Waals surface area contributed by atoms with E-state index in [2.05, 4.69) is 27.2 Å². The number of aromatic nitrogens is 3. The Labute approximate surface area is 130 Å². The molecule has 0 spiro atoms. The molecule has 6 nitrogen and oxygen atoms in total. The zero-order valence-corrected chi connectivity index (χ0v) is 12.7. The molecule has 0 aliphatic heterocycles. The van der Waals surface area contributed by atoms with Gasteiger partial charge in [0.1, 0.15) is 12.1 Å². The molecule has 2 aromatic rings. The molecule has 6 heteroatoms. The molecule has 2 heterocycles. The number of nitrogens with one attached hydrogen (secondary N) is 2. The van der Waals surface area contributed by atoms with E-state index in [-0.39, 0.29) is 12.1 Å². The van der Waals surface area contributed by atoms with E-state index in [1.54, 1.807) is 18.7 Å². The van der Waals surface area contributed by atoms with E-state index in [9.17, 15) is 4.79 Å². The van der Waals surface area contributed by atoms with E-state index < -0.39 is 0 Å². The number of pyridine rings is 1. The van der Waals surface area contributed by atoms with Crippen LogP contribution in [0.4, 0.5) is 4.79 Å². The van der Waals surface area contributed by atoms with Crippen LogP contribution in [0, 0.1) is 0 Å². The SMILES string of the molecule is C=CC[C@@H](CC)NC(=O)NCc1cccnc1-n1ccnc1. The van der Waals surface area contributed by atoms with E-state index in [1.165, 1.54) is 0 Å². The minimum Gasteiger partial charge on any atom is -0.335 e. The summed E-state index contributed by atoms with van der Waals surface area (Å²) >= 11 is 0. The third-order valence-corrected chi connectivity index (χ3v) is 3.34. The predicted octanol–water partition coefficient (Wildman–Crippen LogP) is 2.42. The molecule has 0 aliphatic rings. The number of amides is 2. The molecule has 1 atom stereocenters. The average Bonchev–Trinajstić information content (AvgIpc) is 3.07. The Balaban J connectivity index is 1.97. The Morgan fingerprint density at radius 2 is 2.36 bits per heavy atom. The van der Waals surface area contributed by atoms with Crippen LogP contribution >= 0.6 is 0 Å². The van der Waals surface area contributed by atoms with Crippen molar-refractivity contribution >= 4 is 6.03 Å². The Morgan fingerprint density at radius 3 is 3.05 bits per heavy atom. The summed E-state index contributed by atoms with van der Waals surface area (Å²) < 4.78 is 1.82. The predicted molar refractivity (Wildman–Crippen MR) is 85.6 cm³/mol. The minimum absolute atomic E-state index is 0.111. The summed E-state index contributed by atoms with van der Waals surface area (Å²) in [5.74, 6) is 0.762. The van der Waals surface area contributed by atoms with Crippen LogP contribution in [0.3, 0.4) is 0 Å². The van der Waals surface area contributed by atoms with Crippen molar-refractivity contribution in [3.63, 3.8) is 0 Å². The van der Waals surface area contributed by atoms with Crippen molar-refractivity contribution in [2.75, 3.05) is 0 Å². The van der Waals surface area contributed by atoms with Crippen molar-refractivity contribution in [1.82, 2.24) is 25.2 Å². The third kappa shape index (κ3) is 4.18. The molecular formula is C16H21N5O. The Bertz CT molecular complexity index is 609. The van der Waals surface area contributed by atoms with Gasteiger partial charge in [0.05, 0.1) is 0 Å². The molecule has 0 saturated heterocycles. The number of urea groups is 1. The van der Waals surface area contributed by atoms with E-state index in [4.69, 9.17) is 0 Å². The monoisotopic (exact) mass is 299 g/mol. The lowest BCUT2D eigenvalue weighted by molar-refractivity contribution is 0.236. The molecule has 2 N–H and O–H groups in total. The van der Waals surface area contributed by atoms with Gasteiger partial charge in [-0.15, -0.1) is 6.58 Å². The summed E-state index contributed by atoms with van der Waals surface area (Å²) in [6.45, 7) is 6.14. The van der Waals surface area contributed by atoms with Gasteiger partial charge in [0.25, 0.3) is 0 Å². The molecule has 2 aromatic heterocycles. The van der Waals surface area contributed by atoms with Crippen molar-refractivity contribution in [2.24, 2.45) is 0 Å². The lowest BCUT2D eigenvalue weighted by Gasteiger charge is -2.16. The highest BCUT2D eigenvalue weighted by atomic mass is 16.2. The fraction of sp³-hybridized carbons (Fsp3) is 0.312. The number of imidazole rings is 1. The van der Waals surface area contributed by atoms with E-state index >= 15 is 0 Å². The topological polar surface area (TPSA) is 71.8 Å². The second-order valence-corrected chi connectivity index (χ2v) is 4.91. The molecule has 0 unspecified atom stereocenters. The van der Waals surface area contributed by atoms with Crippen molar-refractivity contribution in [2.45, 2.75) is 32.4 Å². The molecule has 0 aliphatic carbocycles. The van der Waals surface area contributed by atoms with E-state index in [0.717, 1.165) is 24.2 Å². The number of carbonyl (C=O) groups excluding carboxylic acids is 1. The van der Waals surface area contributed by atoms with Gasteiger partial charge < -0.3 is 10.6 Å². The maximum absolute atomic E-state index is 12.0. The molecule has 2 rings (SSSR count). The normalized spacial score (nSPS) is 11.7. The highest BCUT2D eigenvalue weighted by Crippen LogP contribution is 2.10. The second kappa shape index (κ2) is 7.97. The van der Waals surface area contributed by atoms with Crippen LogP contribution in [0.5, 0.6) is 0 Å². The standard InChI is InChI=1S/C16H21N5O/c1-3-6-14(4-2)20-16(22)19-11-13-7-5-8-18-15(13)21-10-9-17-12-21/h3,5,7-10,12,14H,1,4,6,11H2,2H3,(H2,19,20,22)/t14-/m1/s1. The minimum atomic E-state index is -0.186. The summed E-state index contributed by atoms with van der Waals surface area (Å²) in [6.07, 6.45) is 10.4. The summed E-state index contributed by atoms with van der Waals surface area (Å²) in [5.41, 5.74) is 0.924. The highest BCUT2D eigenvalue weighted by Gasteiger charge is 2.10. The molecule has 0 saturated carbocycles. The zero-order chi connectivity index (χ0) is 15.8. The van der Waals surface area contributed by atoms with Gasteiger partial charge in [0.2, 0.25) is 0 Å². The van der Waals surface area contributed by atoms with E-state index in [0.29, 0.717) is 6.54 Å². The van der Waals surface area contributed by atoms with Gasteiger partial charge >= 0.3 is 6.03 Å². The van der Waals surface area contributed by atoms with Crippen LogP contribution in [0.15, 0.2) is 49.7 Å². The van der Waals surface area contributed by atoms with Crippen molar-refractivity contribution in [3.8, 4) is 5.82 Å². The molecule has 116 valence electrons. The van der Waals surface area contributed by atoms with Crippen molar-refractivity contribution < 1.29 is 4.79 Å².